The van der Waals surface area contributed by atoms with Crippen molar-refractivity contribution in [1.29, 1.82) is 0 Å². The summed E-state index contributed by atoms with van der Waals surface area (Å²) in [5.74, 6) is 4.80. The van der Waals surface area contributed by atoms with Crippen LogP contribution in [-0.4, -0.2) is 19.4 Å². The Kier molecular flexibility index (Phi) is 6.59. The van der Waals surface area contributed by atoms with Crippen LogP contribution in [-0.2, 0) is 0 Å². The van der Waals surface area contributed by atoms with E-state index in [0.717, 1.165) is 17.7 Å². The lowest BCUT2D eigenvalue weighted by Crippen LogP contribution is -2.29. The van der Waals surface area contributed by atoms with Crippen molar-refractivity contribution in [3.05, 3.63) is 95.1 Å². The topological polar surface area (TPSA) is 42.8 Å². The largest absolute Gasteiger partial charge is 0.490 e. The molecule has 5 rings (SSSR count). The highest BCUT2D eigenvalue weighted by atomic mass is 16.5. The number of terminal acetylenes is 1. The van der Waals surface area contributed by atoms with E-state index in [0.29, 0.717) is 29.9 Å². The van der Waals surface area contributed by atoms with E-state index in [9.17, 15) is 0 Å². The van der Waals surface area contributed by atoms with Crippen LogP contribution >= 0.6 is 0 Å². The van der Waals surface area contributed by atoms with E-state index < -0.39 is 0 Å². The summed E-state index contributed by atoms with van der Waals surface area (Å²) in [5.41, 5.74) is 7.12. The Hall–Kier alpha value is -3.97. The molecule has 0 amide bonds. The summed E-state index contributed by atoms with van der Waals surface area (Å²) in [6.45, 7) is 4.86. The number of aliphatic imine (C=N–C) groups is 1. The molecule has 3 aromatic carbocycles. The summed E-state index contributed by atoms with van der Waals surface area (Å²) < 4.78 is 11.3. The van der Waals surface area contributed by atoms with Crippen molar-refractivity contribution in [3.63, 3.8) is 0 Å². The van der Waals surface area contributed by atoms with E-state index in [2.05, 4.69) is 77.8 Å². The van der Waals surface area contributed by atoms with Gasteiger partial charge in [-0.15, -0.1) is 6.42 Å². The first kappa shape index (κ1) is 22.8. The number of nitrogens with zero attached hydrogens (tertiary/aromatic N) is 1. The zero-order valence-electron chi connectivity index (χ0n) is 20.2. The van der Waals surface area contributed by atoms with Gasteiger partial charge in [0.2, 0.25) is 0 Å². The van der Waals surface area contributed by atoms with Gasteiger partial charge >= 0.3 is 0 Å². The maximum absolute atomic E-state index is 5.71. The predicted molar refractivity (Wildman–Crippen MR) is 143 cm³/mol. The van der Waals surface area contributed by atoms with Crippen molar-refractivity contribution >= 4 is 17.6 Å². The number of hydrogen-bond acceptors (Lipinski definition) is 4. The number of anilines is 1. The number of hydrogen-bond donors (Lipinski definition) is 1. The van der Waals surface area contributed by atoms with Crippen LogP contribution in [0.5, 0.6) is 11.5 Å². The fourth-order valence-electron chi connectivity index (χ4n) is 5.07. The molecule has 1 heterocycles. The van der Waals surface area contributed by atoms with Gasteiger partial charge in [0.25, 0.3) is 0 Å². The van der Waals surface area contributed by atoms with Gasteiger partial charge < -0.3 is 14.8 Å². The summed E-state index contributed by atoms with van der Waals surface area (Å²) in [7, 11) is 0. The summed E-state index contributed by atoms with van der Waals surface area (Å²) >= 11 is 0. The molecule has 0 saturated heterocycles. The van der Waals surface area contributed by atoms with Gasteiger partial charge in [0, 0.05) is 17.8 Å². The van der Waals surface area contributed by atoms with Crippen molar-refractivity contribution in [3.8, 4) is 23.8 Å². The molecule has 0 saturated carbocycles. The average Bonchev–Trinajstić information content (AvgIpc) is 3.38. The average molecular weight is 463 g/mol. The van der Waals surface area contributed by atoms with Crippen LogP contribution in [0.1, 0.15) is 47.6 Å². The van der Waals surface area contributed by atoms with Crippen molar-refractivity contribution in [2.75, 3.05) is 18.5 Å². The van der Waals surface area contributed by atoms with Crippen molar-refractivity contribution in [2.45, 2.75) is 32.2 Å². The third kappa shape index (κ3) is 4.81. The van der Waals surface area contributed by atoms with Gasteiger partial charge in [-0.2, -0.15) is 0 Å². The van der Waals surface area contributed by atoms with Crippen molar-refractivity contribution in [1.82, 2.24) is 0 Å². The van der Waals surface area contributed by atoms with Gasteiger partial charge in [-0.05, 0) is 79.3 Å². The Bertz CT molecular complexity index is 1300. The molecular formula is C31H30N2O2. The number of rotatable bonds is 7. The molecule has 1 aliphatic carbocycles. The molecule has 1 N–H and O–H groups in total. The van der Waals surface area contributed by atoms with Crippen LogP contribution in [0.4, 0.5) is 11.4 Å². The quantitative estimate of drug-likeness (QED) is 0.234. The van der Waals surface area contributed by atoms with Crippen molar-refractivity contribution < 1.29 is 9.47 Å². The molecule has 4 heteroatoms. The van der Waals surface area contributed by atoms with Crippen LogP contribution in [0, 0.1) is 25.2 Å². The number of ether oxygens (including phenoxy) is 2. The van der Waals surface area contributed by atoms with Gasteiger partial charge in [-0.25, -0.2) is 0 Å². The fraction of sp³-hybridized carbons (Fsp3) is 0.258. The minimum absolute atomic E-state index is 0.207. The van der Waals surface area contributed by atoms with Gasteiger partial charge in [0.15, 0.2) is 11.5 Å². The fourth-order valence-corrected chi connectivity index (χ4v) is 5.07. The molecule has 35 heavy (non-hydrogen) atoms. The van der Waals surface area contributed by atoms with Gasteiger partial charge in [0.05, 0.1) is 18.3 Å². The Balaban J connectivity index is 1.33. The lowest BCUT2D eigenvalue weighted by atomic mass is 9.76. The van der Waals surface area contributed by atoms with Crippen molar-refractivity contribution in [2.24, 2.45) is 10.9 Å². The number of aryl methyl sites for hydroxylation is 1. The summed E-state index contributed by atoms with van der Waals surface area (Å²) in [6, 6.07) is 21.3. The summed E-state index contributed by atoms with van der Waals surface area (Å²) in [6.07, 6.45) is 13.0. The number of nitrogens with one attached hydrogen (secondary N) is 1. The Labute approximate surface area is 207 Å². The maximum Gasteiger partial charge on any atom is 0.162 e. The standard InChI is InChI=1S/C31H30N2O2/c1-4-17-35-29-16-10-22(19-30(29)34-5-2)20-32-24-13-11-23(12-14-24)31-26-8-6-7-25(26)27-18-21(3)9-15-28(27)33-31/h1,6-7,9-16,18-20,25-26,31,33H,5,8,17H2,2-3H3/t25-,26+,31-/m0/s1. The van der Waals surface area contributed by atoms with E-state index in [1.54, 1.807) is 0 Å². The number of benzene rings is 3. The zero-order chi connectivity index (χ0) is 24.2. The molecule has 1 aliphatic heterocycles. The van der Waals surface area contributed by atoms with Crippen LogP contribution in [0.15, 0.2) is 77.8 Å². The second-order valence-corrected chi connectivity index (χ2v) is 9.05. The van der Waals surface area contributed by atoms with E-state index >= 15 is 0 Å². The monoisotopic (exact) mass is 462 g/mol. The first-order chi connectivity index (χ1) is 17.2. The third-order valence-corrected chi connectivity index (χ3v) is 6.71. The van der Waals surface area contributed by atoms with E-state index in [1.807, 2.05) is 31.3 Å². The first-order valence-electron chi connectivity index (χ1n) is 12.2. The Morgan fingerprint density at radius 1 is 1.06 bits per heavy atom. The second-order valence-electron chi connectivity index (χ2n) is 9.05. The van der Waals surface area contributed by atoms with Gasteiger partial charge in [0.1, 0.15) is 6.61 Å². The van der Waals surface area contributed by atoms with E-state index in [4.69, 9.17) is 15.9 Å². The SMILES string of the molecule is C#CCOc1ccc(C=Nc2ccc([C@@H]3Nc4ccc(C)cc4[C@H]4C=CC[C@H]43)cc2)cc1OCC. The van der Waals surface area contributed by atoms with E-state index in [-0.39, 0.29) is 12.6 Å². The van der Waals surface area contributed by atoms with Crippen LogP contribution in [0.3, 0.4) is 0 Å². The Morgan fingerprint density at radius 2 is 1.91 bits per heavy atom. The molecule has 0 bridgehead atoms. The third-order valence-electron chi connectivity index (χ3n) is 6.71. The molecule has 3 aromatic rings. The second kappa shape index (κ2) is 10.1. The summed E-state index contributed by atoms with van der Waals surface area (Å²) in [5, 5.41) is 3.81. The van der Waals surface area contributed by atoms with E-state index in [1.165, 1.54) is 22.4 Å². The highest BCUT2D eigenvalue weighted by Crippen LogP contribution is 2.50. The molecule has 0 spiro atoms. The minimum Gasteiger partial charge on any atom is -0.490 e. The lowest BCUT2D eigenvalue weighted by molar-refractivity contribution is 0.299. The Morgan fingerprint density at radius 3 is 2.71 bits per heavy atom. The van der Waals surface area contributed by atoms with Gasteiger partial charge in [-0.1, -0.05) is 47.9 Å². The molecule has 0 radical (unpaired) electrons. The predicted octanol–water partition coefficient (Wildman–Crippen LogP) is 6.98. The van der Waals surface area contributed by atoms with Crippen LogP contribution in [0.2, 0.25) is 0 Å². The van der Waals surface area contributed by atoms with Crippen LogP contribution in [0.25, 0.3) is 0 Å². The molecule has 0 unspecified atom stereocenters. The maximum atomic E-state index is 5.71. The highest BCUT2D eigenvalue weighted by molar-refractivity contribution is 5.83. The molecule has 0 aromatic heterocycles. The molecular weight excluding hydrogens is 432 g/mol. The summed E-state index contributed by atoms with van der Waals surface area (Å²) in [4.78, 5) is 4.68. The number of allylic oxidation sites excluding steroid dienone is 2. The van der Waals surface area contributed by atoms with Crippen LogP contribution < -0.4 is 14.8 Å². The molecule has 2 aliphatic rings. The normalized spacial score (nSPS) is 20.1. The molecule has 4 nitrogen and oxygen atoms in total. The minimum atomic E-state index is 0.207. The first-order valence-corrected chi connectivity index (χ1v) is 12.2. The lowest BCUT2D eigenvalue weighted by Gasteiger charge is -2.37. The highest BCUT2D eigenvalue weighted by Gasteiger charge is 2.37. The zero-order valence-corrected chi connectivity index (χ0v) is 20.2. The number of fused-ring (bicyclic) bond motifs is 3. The molecule has 0 fully saturated rings. The smallest absolute Gasteiger partial charge is 0.162 e. The molecule has 3 atom stereocenters. The van der Waals surface area contributed by atoms with Gasteiger partial charge in [-0.3, -0.25) is 4.99 Å². The molecule has 176 valence electrons.